The topological polar surface area (TPSA) is 170 Å². The summed E-state index contributed by atoms with van der Waals surface area (Å²) in [5.74, 6) is 0.872. The monoisotopic (exact) mass is 426 g/mol. The van der Waals surface area contributed by atoms with Crippen molar-refractivity contribution in [2.75, 3.05) is 27.9 Å². The number of rotatable bonds is 8. The predicted molar refractivity (Wildman–Crippen MR) is 90.9 cm³/mol. The maximum atomic E-state index is 10.7. The normalized spacial score (nSPS) is 27.9. The number of hydrogen-bond acceptors (Lipinski definition) is 11. The molecular weight excluding hydrogens is 404 g/mol. The van der Waals surface area contributed by atoms with Crippen molar-refractivity contribution in [3.63, 3.8) is 0 Å². The maximum Gasteiger partial charge on any atom is 0.397 e. The van der Waals surface area contributed by atoms with Gasteiger partial charge in [0.1, 0.15) is 30.2 Å². The summed E-state index contributed by atoms with van der Waals surface area (Å²) in [5.41, 5.74) is 0. The van der Waals surface area contributed by atoms with E-state index in [1.807, 2.05) is 0 Å². The molecular formula is C15H22O12S. The Morgan fingerprint density at radius 3 is 2.00 bits per heavy atom. The standard InChI is InChI=1S/C15H22O12S/c1-22-8-4-7(5-9(23-2)14(8)24-3)26-15-13(18)12(17)11(16)10(27-15)6-25-28(19,20)21/h4-5,10-13,15-18H,6H2,1-3H3,(H,19,20,21)/t10-,11-,12+,13-,15-/m1/s1. The summed E-state index contributed by atoms with van der Waals surface area (Å²) in [5, 5.41) is 30.0. The van der Waals surface area contributed by atoms with Gasteiger partial charge in [0.05, 0.1) is 27.9 Å². The van der Waals surface area contributed by atoms with Crippen LogP contribution in [0.5, 0.6) is 23.0 Å². The highest BCUT2D eigenvalue weighted by molar-refractivity contribution is 7.80. The van der Waals surface area contributed by atoms with Crippen molar-refractivity contribution in [3.8, 4) is 23.0 Å². The van der Waals surface area contributed by atoms with Crippen molar-refractivity contribution in [3.05, 3.63) is 12.1 Å². The lowest BCUT2D eigenvalue weighted by Crippen LogP contribution is -2.60. The molecule has 1 aliphatic heterocycles. The SMILES string of the molecule is COc1cc(O[C@@H]2O[C@H](COS(=O)(=O)O)[C@@H](O)[C@H](O)[C@H]2O)cc(OC)c1OC. The van der Waals surface area contributed by atoms with Gasteiger partial charge in [0.25, 0.3) is 0 Å². The van der Waals surface area contributed by atoms with E-state index in [2.05, 4.69) is 4.18 Å². The highest BCUT2D eigenvalue weighted by Gasteiger charge is 2.45. The van der Waals surface area contributed by atoms with Crippen LogP contribution < -0.4 is 18.9 Å². The van der Waals surface area contributed by atoms with Crippen LogP contribution in [0, 0.1) is 0 Å². The molecule has 5 atom stereocenters. The Hall–Kier alpha value is -1.87. The van der Waals surface area contributed by atoms with Gasteiger partial charge in [-0.3, -0.25) is 4.55 Å². The summed E-state index contributed by atoms with van der Waals surface area (Å²) in [4.78, 5) is 0. The molecule has 0 radical (unpaired) electrons. The van der Waals surface area contributed by atoms with E-state index in [0.717, 1.165) is 0 Å². The molecule has 0 amide bonds. The minimum Gasteiger partial charge on any atom is -0.493 e. The number of benzene rings is 1. The number of aliphatic hydroxyl groups excluding tert-OH is 3. The molecule has 0 spiro atoms. The fraction of sp³-hybridized carbons (Fsp3) is 0.600. The van der Waals surface area contributed by atoms with Gasteiger partial charge < -0.3 is 39.0 Å². The molecule has 1 aromatic carbocycles. The van der Waals surface area contributed by atoms with Crippen molar-refractivity contribution >= 4 is 10.4 Å². The lowest BCUT2D eigenvalue weighted by Gasteiger charge is -2.39. The number of hydrogen-bond donors (Lipinski definition) is 4. The number of ether oxygens (including phenoxy) is 5. The predicted octanol–water partition coefficient (Wildman–Crippen LogP) is -1.28. The van der Waals surface area contributed by atoms with Crippen LogP contribution in [0.2, 0.25) is 0 Å². The van der Waals surface area contributed by atoms with Crippen LogP contribution in [0.25, 0.3) is 0 Å². The van der Waals surface area contributed by atoms with Gasteiger partial charge in [0, 0.05) is 12.1 Å². The van der Waals surface area contributed by atoms with E-state index >= 15 is 0 Å². The lowest BCUT2D eigenvalue weighted by molar-refractivity contribution is -0.276. The first-order valence-electron chi connectivity index (χ1n) is 7.89. The highest BCUT2D eigenvalue weighted by Crippen LogP contribution is 2.41. The summed E-state index contributed by atoms with van der Waals surface area (Å²) in [6, 6.07) is 2.80. The highest BCUT2D eigenvalue weighted by atomic mass is 32.3. The van der Waals surface area contributed by atoms with E-state index in [-0.39, 0.29) is 23.0 Å². The van der Waals surface area contributed by atoms with Gasteiger partial charge in [-0.05, 0) is 0 Å². The van der Waals surface area contributed by atoms with E-state index in [0.29, 0.717) is 0 Å². The van der Waals surface area contributed by atoms with E-state index in [4.69, 9.17) is 28.2 Å². The molecule has 0 aliphatic carbocycles. The quantitative estimate of drug-likeness (QED) is 0.364. The van der Waals surface area contributed by atoms with Crippen molar-refractivity contribution in [1.29, 1.82) is 0 Å². The molecule has 1 fully saturated rings. The summed E-state index contributed by atoms with van der Waals surface area (Å²) in [6.45, 7) is -0.821. The van der Waals surface area contributed by atoms with Crippen molar-refractivity contribution in [2.24, 2.45) is 0 Å². The zero-order chi connectivity index (χ0) is 21.1. The number of methoxy groups -OCH3 is 3. The molecule has 12 nitrogen and oxygen atoms in total. The average Bonchev–Trinajstić information content (AvgIpc) is 2.65. The third-order valence-electron chi connectivity index (χ3n) is 3.94. The Morgan fingerprint density at radius 2 is 1.54 bits per heavy atom. The number of aliphatic hydroxyl groups is 3. The maximum absolute atomic E-state index is 10.7. The second-order valence-corrected chi connectivity index (χ2v) is 6.80. The smallest absolute Gasteiger partial charge is 0.397 e. The van der Waals surface area contributed by atoms with Gasteiger partial charge in [0.2, 0.25) is 12.0 Å². The van der Waals surface area contributed by atoms with Gasteiger partial charge in [-0.15, -0.1) is 0 Å². The van der Waals surface area contributed by atoms with E-state index < -0.39 is 47.7 Å². The van der Waals surface area contributed by atoms with Crippen LogP contribution in [0.15, 0.2) is 12.1 Å². The minimum atomic E-state index is -4.80. The summed E-state index contributed by atoms with van der Waals surface area (Å²) < 4.78 is 60.6. The van der Waals surface area contributed by atoms with Gasteiger partial charge in [-0.25, -0.2) is 4.18 Å². The van der Waals surface area contributed by atoms with Crippen molar-refractivity contribution in [2.45, 2.75) is 30.7 Å². The van der Waals surface area contributed by atoms with E-state index in [1.54, 1.807) is 0 Å². The fourth-order valence-corrected chi connectivity index (χ4v) is 2.87. The Balaban J connectivity index is 2.23. The molecule has 0 unspecified atom stereocenters. The fourth-order valence-electron chi connectivity index (χ4n) is 2.56. The van der Waals surface area contributed by atoms with Crippen LogP contribution >= 0.6 is 0 Å². The molecule has 1 aliphatic rings. The van der Waals surface area contributed by atoms with Crippen molar-refractivity contribution < 1.29 is 56.2 Å². The molecule has 1 saturated heterocycles. The first-order chi connectivity index (χ1) is 13.1. The minimum absolute atomic E-state index is 0.0941. The first-order valence-corrected chi connectivity index (χ1v) is 9.26. The Morgan fingerprint density at radius 1 is 0.964 bits per heavy atom. The third kappa shape index (κ3) is 5.14. The van der Waals surface area contributed by atoms with Gasteiger partial charge in [0.15, 0.2) is 11.5 Å². The largest absolute Gasteiger partial charge is 0.493 e. The molecule has 2 rings (SSSR count). The summed E-state index contributed by atoms with van der Waals surface area (Å²) >= 11 is 0. The second-order valence-electron chi connectivity index (χ2n) is 5.71. The summed E-state index contributed by atoms with van der Waals surface area (Å²) in [6.07, 6.45) is -8.06. The second kappa shape index (κ2) is 9.09. The Kier molecular flexibility index (Phi) is 7.28. The Bertz CT molecular complexity index is 741. The molecule has 0 bridgehead atoms. The zero-order valence-corrected chi connectivity index (χ0v) is 16.0. The van der Waals surface area contributed by atoms with Gasteiger partial charge in [-0.1, -0.05) is 0 Å². The Labute approximate surface area is 161 Å². The molecule has 4 N–H and O–H groups in total. The van der Waals surface area contributed by atoms with Crippen molar-refractivity contribution in [1.82, 2.24) is 0 Å². The summed E-state index contributed by atoms with van der Waals surface area (Å²) in [7, 11) is -0.624. The van der Waals surface area contributed by atoms with E-state index in [9.17, 15) is 23.7 Å². The van der Waals surface area contributed by atoms with Crippen LogP contribution in [0.4, 0.5) is 0 Å². The molecule has 1 heterocycles. The molecule has 160 valence electrons. The van der Waals surface area contributed by atoms with Gasteiger partial charge >= 0.3 is 10.4 Å². The molecule has 28 heavy (non-hydrogen) atoms. The van der Waals surface area contributed by atoms with Crippen LogP contribution in [0.3, 0.4) is 0 Å². The van der Waals surface area contributed by atoms with Crippen LogP contribution in [-0.2, 0) is 19.3 Å². The van der Waals surface area contributed by atoms with Crippen LogP contribution in [0.1, 0.15) is 0 Å². The molecule has 0 aromatic heterocycles. The third-order valence-corrected chi connectivity index (χ3v) is 4.37. The van der Waals surface area contributed by atoms with E-state index in [1.165, 1.54) is 33.5 Å². The molecule has 13 heteroatoms. The van der Waals surface area contributed by atoms with Gasteiger partial charge in [-0.2, -0.15) is 8.42 Å². The molecule has 0 saturated carbocycles. The zero-order valence-electron chi connectivity index (χ0n) is 15.2. The van der Waals surface area contributed by atoms with Crippen LogP contribution in [-0.4, -0.2) is 86.9 Å². The molecule has 1 aromatic rings. The average molecular weight is 426 g/mol. The first kappa shape index (κ1) is 22.4. The lowest BCUT2D eigenvalue weighted by atomic mass is 9.99.